The standard InChI is InChI=1S/C51H56FN13O5S2/c1-29-42(71-28-56-29)32-9-7-31(8-10-32)36(58-44(68)40-18-34(66)24-64(40)46(69)43(49(2,3)4)59-47(70)51(52)14-15-51)20-41(67)63-26-50(27-63)13-6-16-62(25-50)48-61-60-45(72-48)35-23-55-38(19-37(35)54-5)39-12-11-33-17-30(21-53)22-57-65(33)39/h7-12,17,19,22-23,28,34,36,40,43,66H,6,13-16,18,20,24-27H2,1-5H3,(H,54,55)(H,58,68)(H,59,70)/t34-,36+,40+,43-/m1/s1. The molecular formula is C51H56FN13O5S2. The number of amides is 4. The van der Waals surface area contributed by atoms with Crippen LogP contribution in [0, 0.1) is 29.1 Å². The number of nitriles is 1. The van der Waals surface area contributed by atoms with Crippen LogP contribution >= 0.6 is 22.7 Å². The van der Waals surface area contributed by atoms with E-state index in [1.54, 1.807) is 43.1 Å². The SMILES string of the molecule is CNc1cc(-c2ccc3cc(C#N)cnn23)ncc1-c1nnc(N2CCCC3(CN(C(=O)C[C@H](NC(=O)[C@@H]4C[C@@H](O)CN4C(=O)[C@@H](NC(=O)C4(F)CC4)C(C)(C)C)c4ccc(-c5scnc5C)cc4)C3)C2)s1. The van der Waals surface area contributed by atoms with Crippen LogP contribution in [0.3, 0.4) is 0 Å². The molecule has 72 heavy (non-hydrogen) atoms. The number of rotatable bonds is 13. The zero-order valence-electron chi connectivity index (χ0n) is 40.7. The lowest BCUT2D eigenvalue weighted by atomic mass is 9.73. The Morgan fingerprint density at radius 2 is 1.78 bits per heavy atom. The molecule has 1 saturated carbocycles. The van der Waals surface area contributed by atoms with Gasteiger partial charge in [0.15, 0.2) is 10.7 Å². The number of benzene rings is 1. The number of aliphatic hydroxyl groups is 1. The van der Waals surface area contributed by atoms with E-state index in [0.717, 1.165) is 63.1 Å². The van der Waals surface area contributed by atoms with Crippen molar-refractivity contribution in [1.29, 1.82) is 5.26 Å². The number of anilines is 2. The molecule has 18 nitrogen and oxygen atoms in total. The molecule has 21 heteroatoms. The van der Waals surface area contributed by atoms with Gasteiger partial charge in [-0.2, -0.15) is 10.4 Å². The summed E-state index contributed by atoms with van der Waals surface area (Å²) in [6, 6.07) is 14.3. The fourth-order valence-electron chi connectivity index (χ4n) is 10.2. The van der Waals surface area contributed by atoms with E-state index in [1.165, 1.54) is 33.8 Å². The van der Waals surface area contributed by atoms with Crippen molar-refractivity contribution in [3.63, 3.8) is 0 Å². The van der Waals surface area contributed by atoms with Gasteiger partial charge in [-0.1, -0.05) is 56.4 Å². The van der Waals surface area contributed by atoms with Crippen LogP contribution in [0.4, 0.5) is 15.2 Å². The van der Waals surface area contributed by atoms with Gasteiger partial charge in [0.2, 0.25) is 22.9 Å². The largest absolute Gasteiger partial charge is 0.391 e. The third kappa shape index (κ3) is 9.50. The Morgan fingerprint density at radius 3 is 2.47 bits per heavy atom. The van der Waals surface area contributed by atoms with Crippen LogP contribution < -0.4 is 20.9 Å². The summed E-state index contributed by atoms with van der Waals surface area (Å²) in [5, 5.41) is 44.3. The van der Waals surface area contributed by atoms with Crippen LogP contribution in [-0.2, 0) is 19.2 Å². The van der Waals surface area contributed by atoms with Gasteiger partial charge in [-0.3, -0.25) is 24.2 Å². The highest BCUT2D eigenvalue weighted by Gasteiger charge is 2.54. The number of aryl methyl sites for hydroxylation is 1. The number of alkyl halides is 1. The minimum Gasteiger partial charge on any atom is -0.391 e. The van der Waals surface area contributed by atoms with Crippen molar-refractivity contribution in [1.82, 2.24) is 50.2 Å². The fourth-order valence-corrected chi connectivity index (χ4v) is 11.9. The predicted molar refractivity (Wildman–Crippen MR) is 270 cm³/mol. The van der Waals surface area contributed by atoms with Gasteiger partial charge in [-0.15, -0.1) is 21.5 Å². The summed E-state index contributed by atoms with van der Waals surface area (Å²) in [5.41, 5.74) is 5.70. The maximum Gasteiger partial charge on any atom is 0.258 e. The first-order valence-corrected chi connectivity index (χ1v) is 25.9. The smallest absolute Gasteiger partial charge is 0.258 e. The number of pyridine rings is 1. The van der Waals surface area contributed by atoms with E-state index in [0.29, 0.717) is 41.5 Å². The van der Waals surface area contributed by atoms with Crippen LogP contribution in [0.1, 0.15) is 82.2 Å². The molecule has 0 bridgehead atoms. The van der Waals surface area contributed by atoms with Gasteiger partial charge < -0.3 is 35.8 Å². The van der Waals surface area contributed by atoms with Crippen molar-refractivity contribution in [2.45, 2.75) is 96.1 Å². The van der Waals surface area contributed by atoms with Gasteiger partial charge in [0.1, 0.15) is 18.2 Å². The molecule has 1 aliphatic carbocycles. The van der Waals surface area contributed by atoms with Gasteiger partial charge in [0.25, 0.3) is 5.91 Å². The number of thiazole rings is 1. The molecule has 5 aromatic heterocycles. The summed E-state index contributed by atoms with van der Waals surface area (Å²) < 4.78 is 16.6. The molecule has 3 saturated heterocycles. The monoisotopic (exact) mass is 1010 g/mol. The lowest BCUT2D eigenvalue weighted by molar-refractivity contribution is -0.146. The van der Waals surface area contributed by atoms with E-state index >= 15 is 0 Å². The highest BCUT2D eigenvalue weighted by molar-refractivity contribution is 7.18. The number of nitrogens with zero attached hydrogens (tertiary/aromatic N) is 10. The minimum absolute atomic E-state index is 0.0446. The quantitative estimate of drug-likeness (QED) is 0.105. The van der Waals surface area contributed by atoms with Crippen molar-refractivity contribution >= 4 is 62.6 Å². The number of hydrogen-bond acceptors (Lipinski definition) is 15. The number of likely N-dealkylation sites (tertiary alicyclic amines) is 2. The third-order valence-corrected chi connectivity index (χ3v) is 16.4. The van der Waals surface area contributed by atoms with Crippen molar-refractivity contribution in [3.8, 4) is 38.5 Å². The lowest BCUT2D eigenvalue weighted by Crippen LogP contribution is -2.64. The Labute approximate surface area is 423 Å². The van der Waals surface area contributed by atoms with Gasteiger partial charge in [-0.05, 0) is 73.4 Å². The van der Waals surface area contributed by atoms with Gasteiger partial charge >= 0.3 is 0 Å². The zero-order valence-corrected chi connectivity index (χ0v) is 42.3. The molecule has 374 valence electrons. The molecule has 0 unspecified atom stereocenters. The molecule has 4 fully saturated rings. The summed E-state index contributed by atoms with van der Waals surface area (Å²) in [7, 11) is 1.84. The number of fused-ring (bicyclic) bond motifs is 1. The Balaban J connectivity index is 0.826. The highest BCUT2D eigenvalue weighted by atomic mass is 32.1. The summed E-state index contributed by atoms with van der Waals surface area (Å²) in [4.78, 5) is 71.4. The molecule has 4 atom stereocenters. The summed E-state index contributed by atoms with van der Waals surface area (Å²) in [6.45, 7) is 9.61. The first kappa shape index (κ1) is 48.7. The van der Waals surface area contributed by atoms with Crippen molar-refractivity contribution in [2.75, 3.05) is 50.0 Å². The molecule has 4 aliphatic rings. The number of piperidine rings is 1. The average Bonchev–Trinajstić information content (AvgIpc) is 3.85. The van der Waals surface area contributed by atoms with Gasteiger partial charge in [-0.25, -0.2) is 13.9 Å². The number of aromatic nitrogens is 6. The van der Waals surface area contributed by atoms with Crippen molar-refractivity contribution in [3.05, 3.63) is 83.3 Å². The van der Waals surface area contributed by atoms with E-state index in [1.807, 2.05) is 61.3 Å². The van der Waals surface area contributed by atoms with Gasteiger partial charge in [0.05, 0.1) is 68.9 Å². The van der Waals surface area contributed by atoms with E-state index in [4.69, 9.17) is 4.98 Å². The fraction of sp³-hybridized carbons (Fsp3) is 0.451. The molecule has 3 aliphatic heterocycles. The Morgan fingerprint density at radius 1 is 1.00 bits per heavy atom. The molecule has 6 aromatic rings. The maximum absolute atomic E-state index is 14.8. The van der Waals surface area contributed by atoms with Gasteiger partial charge in [0, 0.05) is 63.5 Å². The van der Waals surface area contributed by atoms with Crippen molar-refractivity contribution < 1.29 is 28.7 Å². The summed E-state index contributed by atoms with van der Waals surface area (Å²) in [6.07, 6.45) is 4.21. The first-order valence-electron chi connectivity index (χ1n) is 24.2. The molecule has 4 amide bonds. The van der Waals surface area contributed by atoms with E-state index in [2.05, 4.69) is 47.2 Å². The Kier molecular flexibility index (Phi) is 12.8. The Hall–Kier alpha value is -6.89. The van der Waals surface area contributed by atoms with E-state index in [9.17, 15) is 33.9 Å². The van der Waals surface area contributed by atoms with E-state index < -0.39 is 53.0 Å². The normalized spacial score (nSPS) is 19.9. The Bertz CT molecular complexity index is 3110. The molecule has 0 radical (unpaired) electrons. The second kappa shape index (κ2) is 18.9. The minimum atomic E-state index is -2.01. The topological polar surface area (TPSA) is 227 Å². The zero-order chi connectivity index (χ0) is 50.7. The highest BCUT2D eigenvalue weighted by Crippen LogP contribution is 2.44. The number of nitrogens with one attached hydrogen (secondary N) is 3. The molecule has 8 heterocycles. The molecule has 1 spiro atoms. The van der Waals surface area contributed by atoms with Crippen molar-refractivity contribution in [2.24, 2.45) is 10.8 Å². The number of carbonyl (C=O) groups excluding carboxylic acids is 4. The van der Waals surface area contributed by atoms with Crippen LogP contribution in [0.5, 0.6) is 0 Å². The number of halogens is 1. The second-order valence-corrected chi connectivity index (χ2v) is 22.5. The average molecular weight is 1010 g/mol. The summed E-state index contributed by atoms with van der Waals surface area (Å²) in [5.74, 6) is -2.12. The second-order valence-electron chi connectivity index (χ2n) is 20.7. The maximum atomic E-state index is 14.8. The third-order valence-electron chi connectivity index (χ3n) is 14.4. The number of carbonyl (C=O) groups is 4. The lowest BCUT2D eigenvalue weighted by Gasteiger charge is -2.54. The summed E-state index contributed by atoms with van der Waals surface area (Å²) >= 11 is 3.01. The van der Waals surface area contributed by atoms with Crippen LogP contribution in [0.15, 0.2) is 66.4 Å². The predicted octanol–water partition coefficient (Wildman–Crippen LogP) is 5.93. The molecule has 10 rings (SSSR count). The first-order chi connectivity index (χ1) is 34.4. The number of hydrogen-bond donors (Lipinski definition) is 4. The van der Waals surface area contributed by atoms with Crippen LogP contribution in [0.2, 0.25) is 0 Å². The van der Waals surface area contributed by atoms with Crippen LogP contribution in [0.25, 0.3) is 37.9 Å². The van der Waals surface area contributed by atoms with Crippen LogP contribution in [-0.4, -0.2) is 132 Å². The van der Waals surface area contributed by atoms with E-state index in [-0.39, 0.29) is 43.6 Å². The molecule has 1 aromatic carbocycles. The number of β-amino-alcohol motifs (C(OH)–C–C–N with tert-alkyl or cyclic N) is 1. The molecule has 4 N–H and O–H groups in total. The number of aliphatic hydroxyl groups excluding tert-OH is 1. The molecular weight excluding hydrogens is 958 g/mol.